The molecule has 1 amide bonds. The van der Waals surface area contributed by atoms with E-state index < -0.39 is 0 Å². The fourth-order valence-corrected chi connectivity index (χ4v) is 1.55. The summed E-state index contributed by atoms with van der Waals surface area (Å²) in [5.74, 6) is 1.39. The lowest BCUT2D eigenvalue weighted by atomic mass is 10.1. The molecular formula is C13H19NO4. The molecule has 0 aliphatic carbocycles. The van der Waals surface area contributed by atoms with E-state index in [0.29, 0.717) is 29.4 Å². The molecule has 0 atom stereocenters. The van der Waals surface area contributed by atoms with Crippen LogP contribution >= 0.6 is 0 Å². The van der Waals surface area contributed by atoms with Gasteiger partial charge in [0, 0.05) is 25.7 Å². The number of benzene rings is 1. The van der Waals surface area contributed by atoms with Gasteiger partial charge < -0.3 is 19.1 Å². The molecule has 0 saturated carbocycles. The summed E-state index contributed by atoms with van der Waals surface area (Å²) in [6.07, 6.45) is 0. The Kier molecular flexibility index (Phi) is 4.83. The first-order chi connectivity index (χ1) is 8.58. The maximum Gasteiger partial charge on any atom is 0.257 e. The van der Waals surface area contributed by atoms with E-state index in [1.807, 2.05) is 6.92 Å². The Hall–Kier alpha value is -1.91. The average molecular weight is 253 g/mol. The minimum Gasteiger partial charge on any atom is -0.496 e. The van der Waals surface area contributed by atoms with E-state index in [1.165, 1.54) is 21.3 Å². The number of amides is 1. The predicted molar refractivity (Wildman–Crippen MR) is 68.7 cm³/mol. The predicted octanol–water partition coefficient (Wildman–Crippen LogP) is 1.80. The SMILES string of the molecule is CCN(C)C(=O)c1cc(OC)c(OC)cc1OC. The van der Waals surface area contributed by atoms with Crippen molar-refractivity contribution >= 4 is 5.91 Å². The summed E-state index contributed by atoms with van der Waals surface area (Å²) in [5.41, 5.74) is 0.458. The Morgan fingerprint density at radius 3 is 2.00 bits per heavy atom. The van der Waals surface area contributed by atoms with Crippen molar-refractivity contribution in [2.75, 3.05) is 34.9 Å². The number of rotatable bonds is 5. The van der Waals surface area contributed by atoms with Crippen LogP contribution in [0.2, 0.25) is 0 Å². The van der Waals surface area contributed by atoms with Crippen molar-refractivity contribution in [3.05, 3.63) is 17.7 Å². The van der Waals surface area contributed by atoms with Crippen LogP contribution in [-0.2, 0) is 0 Å². The van der Waals surface area contributed by atoms with Crippen LogP contribution in [-0.4, -0.2) is 45.7 Å². The van der Waals surface area contributed by atoms with Crippen LogP contribution in [0.5, 0.6) is 17.2 Å². The molecule has 0 heterocycles. The van der Waals surface area contributed by atoms with Gasteiger partial charge in [0.1, 0.15) is 5.75 Å². The summed E-state index contributed by atoms with van der Waals surface area (Å²) in [6, 6.07) is 3.28. The minimum absolute atomic E-state index is 0.115. The van der Waals surface area contributed by atoms with Crippen molar-refractivity contribution in [1.82, 2.24) is 4.90 Å². The first-order valence-electron chi connectivity index (χ1n) is 5.64. The molecule has 1 aromatic carbocycles. The van der Waals surface area contributed by atoms with Crippen molar-refractivity contribution < 1.29 is 19.0 Å². The Morgan fingerprint density at radius 1 is 1.06 bits per heavy atom. The van der Waals surface area contributed by atoms with Gasteiger partial charge >= 0.3 is 0 Å². The first-order valence-corrected chi connectivity index (χ1v) is 5.64. The van der Waals surface area contributed by atoms with Crippen molar-refractivity contribution in [1.29, 1.82) is 0 Å². The maximum atomic E-state index is 12.2. The van der Waals surface area contributed by atoms with E-state index in [4.69, 9.17) is 14.2 Å². The third kappa shape index (κ3) is 2.67. The zero-order chi connectivity index (χ0) is 13.7. The highest BCUT2D eigenvalue weighted by Gasteiger charge is 2.19. The van der Waals surface area contributed by atoms with Crippen molar-refractivity contribution in [3.63, 3.8) is 0 Å². The van der Waals surface area contributed by atoms with Crippen LogP contribution in [0.25, 0.3) is 0 Å². The molecule has 0 aliphatic heterocycles. The van der Waals surface area contributed by atoms with Gasteiger partial charge in [0.25, 0.3) is 5.91 Å². The molecular weight excluding hydrogens is 234 g/mol. The van der Waals surface area contributed by atoms with Crippen LogP contribution in [0, 0.1) is 0 Å². The lowest BCUT2D eigenvalue weighted by Crippen LogP contribution is -2.26. The largest absolute Gasteiger partial charge is 0.496 e. The Bertz CT molecular complexity index is 431. The lowest BCUT2D eigenvalue weighted by molar-refractivity contribution is 0.0798. The smallest absolute Gasteiger partial charge is 0.257 e. The molecule has 5 nitrogen and oxygen atoms in total. The van der Waals surface area contributed by atoms with Gasteiger partial charge in [-0.2, -0.15) is 0 Å². The summed E-state index contributed by atoms with van der Waals surface area (Å²) >= 11 is 0. The van der Waals surface area contributed by atoms with Gasteiger partial charge in [-0.05, 0) is 6.92 Å². The number of hydrogen-bond donors (Lipinski definition) is 0. The topological polar surface area (TPSA) is 48.0 Å². The molecule has 1 rings (SSSR count). The number of methoxy groups -OCH3 is 3. The summed E-state index contributed by atoms with van der Waals surface area (Å²) < 4.78 is 15.6. The highest BCUT2D eigenvalue weighted by Crippen LogP contribution is 2.34. The fourth-order valence-electron chi connectivity index (χ4n) is 1.55. The standard InChI is InChI=1S/C13H19NO4/c1-6-14(2)13(15)9-7-11(17-4)12(18-5)8-10(9)16-3/h7-8H,6H2,1-5H3. The van der Waals surface area contributed by atoms with E-state index in [0.717, 1.165) is 0 Å². The van der Waals surface area contributed by atoms with Gasteiger partial charge in [-0.25, -0.2) is 0 Å². The monoisotopic (exact) mass is 253 g/mol. The van der Waals surface area contributed by atoms with Gasteiger partial charge in [0.2, 0.25) is 0 Å². The molecule has 0 bridgehead atoms. The highest BCUT2D eigenvalue weighted by molar-refractivity contribution is 5.97. The number of nitrogens with zero attached hydrogens (tertiary/aromatic N) is 1. The third-order valence-electron chi connectivity index (χ3n) is 2.76. The Balaban J connectivity index is 3.29. The van der Waals surface area contributed by atoms with E-state index in [2.05, 4.69) is 0 Å². The minimum atomic E-state index is -0.115. The van der Waals surface area contributed by atoms with E-state index >= 15 is 0 Å². The molecule has 0 saturated heterocycles. The van der Waals surface area contributed by atoms with Crippen LogP contribution in [0.1, 0.15) is 17.3 Å². The lowest BCUT2D eigenvalue weighted by Gasteiger charge is -2.18. The van der Waals surface area contributed by atoms with E-state index in [9.17, 15) is 4.79 Å². The second-order valence-electron chi connectivity index (χ2n) is 3.73. The van der Waals surface area contributed by atoms with E-state index in [-0.39, 0.29) is 5.91 Å². The Morgan fingerprint density at radius 2 is 1.56 bits per heavy atom. The molecule has 0 radical (unpaired) electrons. The first kappa shape index (κ1) is 14.2. The molecule has 0 N–H and O–H groups in total. The van der Waals surface area contributed by atoms with Crippen LogP contribution in [0.4, 0.5) is 0 Å². The number of carbonyl (C=O) groups excluding carboxylic acids is 1. The summed E-state index contributed by atoms with van der Waals surface area (Å²) in [5, 5.41) is 0. The molecule has 5 heteroatoms. The number of ether oxygens (including phenoxy) is 3. The molecule has 100 valence electrons. The van der Waals surface area contributed by atoms with Gasteiger partial charge in [-0.3, -0.25) is 4.79 Å². The second kappa shape index (κ2) is 6.14. The summed E-state index contributed by atoms with van der Waals surface area (Å²) in [7, 11) is 6.32. The van der Waals surface area contributed by atoms with Crippen molar-refractivity contribution in [2.45, 2.75) is 6.92 Å². The summed E-state index contributed by atoms with van der Waals surface area (Å²) in [4.78, 5) is 13.8. The van der Waals surface area contributed by atoms with Gasteiger partial charge in [-0.1, -0.05) is 0 Å². The molecule has 1 aromatic rings. The van der Waals surface area contributed by atoms with Gasteiger partial charge in [0.15, 0.2) is 11.5 Å². The fraction of sp³-hybridized carbons (Fsp3) is 0.462. The van der Waals surface area contributed by atoms with Crippen molar-refractivity contribution in [3.8, 4) is 17.2 Å². The molecule has 0 unspecified atom stereocenters. The average Bonchev–Trinajstić information content (AvgIpc) is 2.43. The normalized spacial score (nSPS) is 9.83. The van der Waals surface area contributed by atoms with Crippen LogP contribution < -0.4 is 14.2 Å². The molecule has 0 fully saturated rings. The molecule has 0 aliphatic rings. The van der Waals surface area contributed by atoms with Gasteiger partial charge in [-0.15, -0.1) is 0 Å². The number of carbonyl (C=O) groups is 1. The highest BCUT2D eigenvalue weighted by atomic mass is 16.5. The van der Waals surface area contributed by atoms with E-state index in [1.54, 1.807) is 24.1 Å². The zero-order valence-corrected chi connectivity index (χ0v) is 11.4. The van der Waals surface area contributed by atoms with Crippen LogP contribution in [0.3, 0.4) is 0 Å². The summed E-state index contributed by atoms with van der Waals surface area (Å²) in [6.45, 7) is 2.53. The quantitative estimate of drug-likeness (QED) is 0.803. The maximum absolute atomic E-state index is 12.2. The van der Waals surface area contributed by atoms with Crippen LogP contribution in [0.15, 0.2) is 12.1 Å². The molecule has 0 spiro atoms. The molecule has 18 heavy (non-hydrogen) atoms. The van der Waals surface area contributed by atoms with Crippen molar-refractivity contribution in [2.24, 2.45) is 0 Å². The molecule has 0 aromatic heterocycles. The van der Waals surface area contributed by atoms with Gasteiger partial charge in [0.05, 0.1) is 26.9 Å². The number of hydrogen-bond acceptors (Lipinski definition) is 4. The zero-order valence-electron chi connectivity index (χ0n) is 11.4. The Labute approximate surface area is 107 Å². The second-order valence-corrected chi connectivity index (χ2v) is 3.73. The third-order valence-corrected chi connectivity index (χ3v) is 2.76.